The largest absolute Gasteiger partial charge is 0.465 e. The number of ether oxygens (including phenoxy) is 7. The number of hydrogen-bond donors (Lipinski definition) is 18. The highest BCUT2D eigenvalue weighted by atomic mass is 16.6. The van der Waals surface area contributed by atoms with Crippen LogP contribution in [0.5, 0.6) is 0 Å². The maximum absolute atomic E-state index is 12.0. The summed E-state index contributed by atoms with van der Waals surface area (Å²) < 4.78 is 37.3. The third kappa shape index (κ3) is 27.4. The first-order valence-corrected chi connectivity index (χ1v) is 38.5. The molecule has 4 heterocycles. The molecular formula is C74H126O28. The number of rotatable bonds is 15. The van der Waals surface area contributed by atoms with E-state index in [1.807, 2.05) is 6.08 Å². The van der Waals surface area contributed by atoms with Crippen molar-refractivity contribution in [3.63, 3.8) is 0 Å². The van der Waals surface area contributed by atoms with Gasteiger partial charge in [-0.25, -0.2) is 0 Å². The lowest BCUT2D eigenvalue weighted by molar-refractivity contribution is -0.156. The van der Waals surface area contributed by atoms with Crippen molar-refractivity contribution < 1.29 is 139 Å². The summed E-state index contributed by atoms with van der Waals surface area (Å²) in [7, 11) is 0. The summed E-state index contributed by atoms with van der Waals surface area (Å²) in [6.07, 6.45) is 15.5. The molecule has 10 saturated carbocycles. The molecule has 14 rings (SSSR count). The average molecular weight is 1460 g/mol. The SMILES string of the molecule is C=CC1CCC(O)C(O)C1.O=C(OCC1CCC(O)C(O)C1)C1CCC(O)C(O)C1.O=C(OCC1CCC(O)C(O)C1)C1CCC2OC2C1.O=C(OCC1CCC2OC2C1)C1CCC(O)C(O)C1.OC1CCC(C2CO2)CC1O.OCC(O)C1CCC(O)C(O)C1.OCC(O)C1CCC2OC2C1. The molecular weight excluding hydrogens is 1340 g/mol. The van der Waals surface area contributed by atoms with Gasteiger partial charge in [0.25, 0.3) is 0 Å². The Morgan fingerprint density at radius 1 is 0.333 bits per heavy atom. The molecule has 33 unspecified atom stereocenters. The Morgan fingerprint density at radius 2 is 0.657 bits per heavy atom. The molecule has 14 aliphatic rings. The molecule has 0 bridgehead atoms. The summed E-state index contributed by atoms with van der Waals surface area (Å²) in [5, 5.41) is 167. The normalized spacial score (nSPS) is 44.2. The molecule has 28 heteroatoms. The fourth-order valence-electron chi connectivity index (χ4n) is 16.4. The number of esters is 3. The van der Waals surface area contributed by atoms with Gasteiger partial charge in [-0.3, -0.25) is 14.4 Å². The first-order chi connectivity index (χ1) is 48.7. The van der Waals surface area contributed by atoms with Gasteiger partial charge in [0.05, 0.1) is 198 Å². The fraction of sp³-hybridized carbons (Fsp3) is 0.932. The van der Waals surface area contributed by atoms with E-state index >= 15 is 0 Å². The van der Waals surface area contributed by atoms with Gasteiger partial charge in [0.15, 0.2) is 0 Å². The summed E-state index contributed by atoms with van der Waals surface area (Å²) in [6.45, 7) is 5.22. The van der Waals surface area contributed by atoms with Crippen molar-refractivity contribution in [1.29, 1.82) is 0 Å². The third-order valence-electron chi connectivity index (χ3n) is 24.0. The predicted molar refractivity (Wildman–Crippen MR) is 362 cm³/mol. The summed E-state index contributed by atoms with van der Waals surface area (Å²) in [4.78, 5) is 35.8. The van der Waals surface area contributed by atoms with E-state index in [9.17, 15) is 85.9 Å². The van der Waals surface area contributed by atoms with Gasteiger partial charge in [-0.1, -0.05) is 6.08 Å². The average Bonchev–Trinajstić information content (AvgIpc) is 1.66. The van der Waals surface area contributed by atoms with Crippen LogP contribution in [0.15, 0.2) is 12.7 Å². The monoisotopic (exact) mass is 1460 g/mol. The molecule has 590 valence electrons. The standard InChI is InChI=1S/C14H24O6.2C14H22O5.C8H16O4.2C8H14O3.C8H14O2/c15-10-3-1-8(5-12(10)17)7-20-14(19)9-2-4-11(16)13(18)6-9;15-10-3-2-9(6-11(10)16)14(17)18-7-8-1-4-12-13(5-8)19-12;15-10-3-1-8(5-11(10)16)7-18-14(17)9-2-4-12-13(6-9)19-12;9-4-8(12)5-1-2-6(10)7(11)3-5;9-4-6(10)5-1-2-7-8(3-5)11-7;9-6-2-1-5(3-7(6)10)8-4-11-8;1-2-6-3-4-7(9)8(10)5-6/h8-13,15-18H,1-7H2;2*8-13,15-16H,1-7H2;5-12H,1-4H2;2*5-10H,1-4H2;2,6-10H,1,3-5H2. The molecule has 0 aromatic heterocycles. The topological polar surface area (TPSA) is 493 Å². The van der Waals surface area contributed by atoms with E-state index in [4.69, 9.17) is 53.6 Å². The molecule has 0 aromatic rings. The molecule has 4 saturated heterocycles. The minimum atomic E-state index is -0.854. The van der Waals surface area contributed by atoms with E-state index in [2.05, 4.69) is 6.58 Å². The Morgan fingerprint density at radius 3 is 1.05 bits per heavy atom. The molecule has 0 radical (unpaired) electrons. The molecule has 0 spiro atoms. The smallest absolute Gasteiger partial charge is 0.309 e. The Labute approximate surface area is 599 Å². The highest BCUT2D eigenvalue weighted by Gasteiger charge is 2.48. The molecule has 4 aliphatic heterocycles. The molecule has 18 N–H and O–H groups in total. The molecule has 0 amide bonds. The van der Waals surface area contributed by atoms with Gasteiger partial charge < -0.3 is 125 Å². The maximum Gasteiger partial charge on any atom is 0.309 e. The van der Waals surface area contributed by atoms with E-state index in [0.29, 0.717) is 164 Å². The van der Waals surface area contributed by atoms with Crippen molar-refractivity contribution in [2.45, 2.75) is 333 Å². The number of aliphatic hydroxyl groups excluding tert-OH is 18. The van der Waals surface area contributed by atoms with E-state index in [0.717, 1.165) is 96.5 Å². The van der Waals surface area contributed by atoms with Gasteiger partial charge in [-0.2, -0.15) is 0 Å². The lowest BCUT2D eigenvalue weighted by atomic mass is 9.82. The Hall–Kier alpha value is -2.73. The van der Waals surface area contributed by atoms with E-state index < -0.39 is 97.7 Å². The van der Waals surface area contributed by atoms with E-state index in [1.165, 1.54) is 0 Å². The summed E-state index contributed by atoms with van der Waals surface area (Å²) >= 11 is 0. The number of epoxide rings is 4. The maximum atomic E-state index is 12.0. The van der Waals surface area contributed by atoms with Gasteiger partial charge in [0.1, 0.15) is 0 Å². The summed E-state index contributed by atoms with van der Waals surface area (Å²) in [6, 6.07) is 0. The van der Waals surface area contributed by atoms with Crippen LogP contribution >= 0.6 is 0 Å². The number of carbonyl (C=O) groups excluding carboxylic acids is 3. The van der Waals surface area contributed by atoms with Crippen LogP contribution in [0.4, 0.5) is 0 Å². The van der Waals surface area contributed by atoms with Crippen LogP contribution in [-0.4, -0.2) is 290 Å². The zero-order chi connectivity index (χ0) is 73.9. The second-order valence-corrected chi connectivity index (χ2v) is 31.9. The second-order valence-electron chi connectivity index (χ2n) is 31.9. The Kier molecular flexibility index (Phi) is 34.7. The number of aliphatic hydroxyl groups is 18. The first kappa shape index (κ1) is 84.9. The van der Waals surface area contributed by atoms with Crippen molar-refractivity contribution in [2.24, 2.45) is 59.2 Å². The number of allylic oxidation sites excluding steroid dienone is 1. The number of carbonyl (C=O) groups is 3. The minimum absolute atomic E-state index is 0.0112. The minimum Gasteiger partial charge on any atom is -0.465 e. The van der Waals surface area contributed by atoms with Crippen molar-refractivity contribution in [3.8, 4) is 0 Å². The van der Waals surface area contributed by atoms with E-state index in [-0.39, 0.29) is 91.7 Å². The molecule has 33 atom stereocenters. The predicted octanol–water partition coefficient (Wildman–Crippen LogP) is 0.181. The van der Waals surface area contributed by atoms with Crippen molar-refractivity contribution in [1.82, 2.24) is 0 Å². The first-order valence-electron chi connectivity index (χ1n) is 38.5. The van der Waals surface area contributed by atoms with Crippen LogP contribution in [0.2, 0.25) is 0 Å². The summed E-state index contributed by atoms with van der Waals surface area (Å²) in [5.74, 6) is 0.473. The lowest BCUT2D eigenvalue weighted by Crippen LogP contribution is -2.38. The van der Waals surface area contributed by atoms with Crippen molar-refractivity contribution in [3.05, 3.63) is 12.7 Å². The van der Waals surface area contributed by atoms with Gasteiger partial charge in [0, 0.05) is 0 Å². The number of hydrogen-bond acceptors (Lipinski definition) is 28. The van der Waals surface area contributed by atoms with Crippen LogP contribution in [-0.2, 0) is 47.5 Å². The number of fused-ring (bicyclic) bond motifs is 3. The fourth-order valence-corrected chi connectivity index (χ4v) is 16.4. The Balaban J connectivity index is 0.000000154. The highest BCUT2D eigenvalue weighted by molar-refractivity contribution is 5.73. The molecule has 0 aromatic carbocycles. The zero-order valence-corrected chi connectivity index (χ0v) is 59.4. The molecule has 102 heavy (non-hydrogen) atoms. The van der Waals surface area contributed by atoms with Crippen LogP contribution in [0.1, 0.15) is 193 Å². The summed E-state index contributed by atoms with van der Waals surface area (Å²) in [5.41, 5.74) is 0. The highest BCUT2D eigenvalue weighted by Crippen LogP contribution is 2.43. The van der Waals surface area contributed by atoms with Crippen LogP contribution in [0, 0.1) is 59.2 Å². The lowest BCUT2D eigenvalue weighted by Gasteiger charge is -2.32. The van der Waals surface area contributed by atoms with Crippen LogP contribution < -0.4 is 0 Å². The van der Waals surface area contributed by atoms with Crippen LogP contribution in [0.25, 0.3) is 0 Å². The van der Waals surface area contributed by atoms with Gasteiger partial charge in [-0.15, -0.1) is 6.58 Å². The second kappa shape index (κ2) is 41.7. The van der Waals surface area contributed by atoms with Crippen LogP contribution in [0.3, 0.4) is 0 Å². The molecule has 14 fully saturated rings. The van der Waals surface area contributed by atoms with Gasteiger partial charge >= 0.3 is 17.9 Å². The molecule has 28 nitrogen and oxygen atoms in total. The Bertz CT molecular complexity index is 2460. The quantitative estimate of drug-likeness (QED) is 0.0450. The van der Waals surface area contributed by atoms with E-state index in [1.54, 1.807) is 0 Å². The van der Waals surface area contributed by atoms with Gasteiger partial charge in [0.2, 0.25) is 0 Å². The van der Waals surface area contributed by atoms with Crippen molar-refractivity contribution >= 4 is 17.9 Å². The zero-order valence-electron chi connectivity index (χ0n) is 59.4. The molecule has 10 aliphatic carbocycles. The van der Waals surface area contributed by atoms with Crippen molar-refractivity contribution in [2.75, 3.05) is 39.6 Å². The van der Waals surface area contributed by atoms with Gasteiger partial charge in [-0.05, 0) is 234 Å². The third-order valence-corrected chi connectivity index (χ3v) is 24.0.